The van der Waals surface area contributed by atoms with Crippen LogP contribution in [0.15, 0.2) is 24.3 Å². The zero-order valence-electron chi connectivity index (χ0n) is 22.1. The maximum absolute atomic E-state index is 11.6. The number of anilines is 1. The second-order valence-corrected chi connectivity index (χ2v) is 9.08. The van der Waals surface area contributed by atoms with Crippen LogP contribution in [0.2, 0.25) is 0 Å². The Morgan fingerprint density at radius 3 is 1.57 bits per heavy atom. The number of amides is 2. The molecule has 1 aromatic carbocycles. The summed E-state index contributed by atoms with van der Waals surface area (Å²) in [6.45, 7) is -1.81. The number of hydrogen-bond acceptors (Lipinski definition) is 9. The van der Waals surface area contributed by atoms with Gasteiger partial charge in [0.15, 0.2) is 0 Å². The van der Waals surface area contributed by atoms with Gasteiger partial charge in [0.1, 0.15) is 0 Å². The van der Waals surface area contributed by atoms with E-state index in [0.717, 1.165) is 4.90 Å². The summed E-state index contributed by atoms with van der Waals surface area (Å²) in [7, 11) is 1.44. The molecule has 222 valence electrons. The topological polar surface area (TPSA) is 237 Å². The molecule has 2 amide bonds. The lowest BCUT2D eigenvalue weighted by atomic mass is 10.0. The van der Waals surface area contributed by atoms with Crippen molar-refractivity contribution in [3.8, 4) is 0 Å². The van der Waals surface area contributed by atoms with Gasteiger partial charge in [-0.05, 0) is 31.0 Å². The molecule has 0 aliphatic carbocycles. The smallest absolute Gasteiger partial charge is 0.318 e. The summed E-state index contributed by atoms with van der Waals surface area (Å²) < 4.78 is 0. The van der Waals surface area contributed by atoms with Crippen LogP contribution in [0, 0.1) is 0 Å². The minimum Gasteiger partial charge on any atom is -0.480 e. The summed E-state index contributed by atoms with van der Waals surface area (Å²) >= 11 is 0. The lowest BCUT2D eigenvalue weighted by Crippen LogP contribution is -2.53. The third-order valence-electron chi connectivity index (χ3n) is 5.75. The molecule has 0 aliphatic heterocycles. The molecular formula is C24H35N5O11. The minimum absolute atomic E-state index is 0.0965. The molecule has 0 radical (unpaired) electrons. The molecule has 0 bridgehead atoms. The quantitative estimate of drug-likeness (QED) is 0.107. The SMILES string of the molecule is CNC(=O)Nc1ccc(CC(CN(CC(=O)O)CC(C)N(CC(=O)O)CC(=O)O)N(CC(=O)O)CC(=O)O)cc1. The van der Waals surface area contributed by atoms with Gasteiger partial charge < -0.3 is 36.2 Å². The molecule has 0 fully saturated rings. The van der Waals surface area contributed by atoms with Crippen LogP contribution in [0.4, 0.5) is 10.5 Å². The summed E-state index contributed by atoms with van der Waals surface area (Å²) in [4.78, 5) is 72.5. The Balaban J connectivity index is 3.32. The summed E-state index contributed by atoms with van der Waals surface area (Å²) in [5, 5.41) is 51.7. The van der Waals surface area contributed by atoms with E-state index in [1.807, 2.05) is 0 Å². The number of rotatable bonds is 19. The van der Waals surface area contributed by atoms with Crippen molar-refractivity contribution in [3.63, 3.8) is 0 Å². The number of carboxylic acids is 5. The van der Waals surface area contributed by atoms with Gasteiger partial charge in [0.2, 0.25) is 0 Å². The van der Waals surface area contributed by atoms with E-state index in [9.17, 15) is 54.3 Å². The number of carbonyl (C=O) groups is 6. The predicted molar refractivity (Wildman–Crippen MR) is 139 cm³/mol. The molecule has 2 atom stereocenters. The van der Waals surface area contributed by atoms with E-state index in [2.05, 4.69) is 10.6 Å². The predicted octanol–water partition coefficient (Wildman–Crippen LogP) is -0.933. The molecule has 0 aliphatic rings. The van der Waals surface area contributed by atoms with Gasteiger partial charge >= 0.3 is 35.9 Å². The molecule has 7 N–H and O–H groups in total. The van der Waals surface area contributed by atoms with Gasteiger partial charge in [0, 0.05) is 37.9 Å². The molecule has 2 unspecified atom stereocenters. The number of urea groups is 1. The van der Waals surface area contributed by atoms with Crippen LogP contribution in [0.1, 0.15) is 12.5 Å². The van der Waals surface area contributed by atoms with Crippen LogP contribution in [0.25, 0.3) is 0 Å². The van der Waals surface area contributed by atoms with E-state index in [1.165, 1.54) is 23.8 Å². The van der Waals surface area contributed by atoms with Crippen molar-refractivity contribution in [2.24, 2.45) is 0 Å². The average Bonchev–Trinajstić information content (AvgIpc) is 2.82. The van der Waals surface area contributed by atoms with Crippen LogP contribution in [-0.2, 0) is 30.4 Å². The van der Waals surface area contributed by atoms with E-state index in [0.29, 0.717) is 11.3 Å². The number of carbonyl (C=O) groups excluding carboxylic acids is 1. The number of benzene rings is 1. The van der Waals surface area contributed by atoms with Crippen LogP contribution in [0.5, 0.6) is 0 Å². The number of hydrogen-bond donors (Lipinski definition) is 7. The molecular weight excluding hydrogens is 534 g/mol. The summed E-state index contributed by atoms with van der Waals surface area (Å²) in [6.07, 6.45) is 0.0965. The van der Waals surface area contributed by atoms with Crippen molar-refractivity contribution >= 4 is 41.6 Å². The van der Waals surface area contributed by atoms with Crippen LogP contribution in [-0.4, -0.2) is 141 Å². The molecule has 16 nitrogen and oxygen atoms in total. The Kier molecular flexibility index (Phi) is 14.0. The first kappa shape index (κ1) is 33.7. The van der Waals surface area contributed by atoms with Gasteiger partial charge in [0.25, 0.3) is 0 Å². The fourth-order valence-electron chi connectivity index (χ4n) is 4.06. The van der Waals surface area contributed by atoms with Crippen molar-refractivity contribution < 1.29 is 54.3 Å². The zero-order chi connectivity index (χ0) is 30.4. The first-order chi connectivity index (χ1) is 18.7. The lowest BCUT2D eigenvalue weighted by Gasteiger charge is -2.36. The van der Waals surface area contributed by atoms with Crippen molar-refractivity contribution in [1.29, 1.82) is 0 Å². The van der Waals surface area contributed by atoms with Crippen molar-refractivity contribution in [1.82, 2.24) is 20.0 Å². The van der Waals surface area contributed by atoms with Crippen molar-refractivity contribution in [3.05, 3.63) is 29.8 Å². The van der Waals surface area contributed by atoms with Gasteiger partial charge in [0.05, 0.1) is 32.7 Å². The monoisotopic (exact) mass is 569 g/mol. The highest BCUT2D eigenvalue weighted by molar-refractivity contribution is 5.88. The summed E-state index contributed by atoms with van der Waals surface area (Å²) in [5.74, 6) is -6.41. The second kappa shape index (κ2) is 16.6. The molecule has 0 saturated carbocycles. The molecule has 1 aromatic rings. The molecule has 0 aromatic heterocycles. The van der Waals surface area contributed by atoms with E-state index < -0.39 is 80.7 Å². The summed E-state index contributed by atoms with van der Waals surface area (Å²) in [6, 6.07) is 4.45. The van der Waals surface area contributed by atoms with Gasteiger partial charge in [-0.15, -0.1) is 0 Å². The third kappa shape index (κ3) is 13.5. The Bertz CT molecular complexity index is 1020. The highest BCUT2D eigenvalue weighted by atomic mass is 16.4. The second-order valence-electron chi connectivity index (χ2n) is 9.08. The highest BCUT2D eigenvalue weighted by Crippen LogP contribution is 2.16. The Morgan fingerprint density at radius 1 is 0.700 bits per heavy atom. The third-order valence-corrected chi connectivity index (χ3v) is 5.75. The first-order valence-electron chi connectivity index (χ1n) is 12.1. The standard InChI is InChI=1S/C24H35N5O11/c1-15(28(11-20(32)33)12-21(34)35)8-27(10-19(30)31)9-18(29(13-22(36)37)14-23(38)39)7-16-3-5-17(6-4-16)26-24(40)25-2/h3-6,15,18H,7-14H2,1-2H3,(H,30,31)(H,32,33)(H,34,35)(H,36,37)(H,38,39)(H2,25,26,40). The van der Waals surface area contributed by atoms with Crippen LogP contribution in [0.3, 0.4) is 0 Å². The zero-order valence-corrected chi connectivity index (χ0v) is 22.1. The van der Waals surface area contributed by atoms with Crippen LogP contribution >= 0.6 is 0 Å². The van der Waals surface area contributed by atoms with Crippen LogP contribution < -0.4 is 10.6 Å². The summed E-state index contributed by atoms with van der Waals surface area (Å²) in [5.41, 5.74) is 1.10. The molecule has 0 spiro atoms. The van der Waals surface area contributed by atoms with Gasteiger partial charge in [-0.25, -0.2) is 4.79 Å². The Hall–Kier alpha value is -4.28. The fraction of sp³-hybridized carbons (Fsp3) is 0.500. The normalized spacial score (nSPS) is 12.6. The number of nitrogens with one attached hydrogen (secondary N) is 2. The van der Waals surface area contributed by atoms with E-state index in [-0.39, 0.29) is 19.5 Å². The van der Waals surface area contributed by atoms with Crippen molar-refractivity contribution in [2.75, 3.05) is 58.2 Å². The van der Waals surface area contributed by atoms with E-state index in [1.54, 1.807) is 24.3 Å². The molecule has 16 heteroatoms. The molecule has 1 rings (SSSR count). The van der Waals surface area contributed by atoms with Crippen molar-refractivity contribution in [2.45, 2.75) is 25.4 Å². The number of carboxylic acid groups (broad SMARTS) is 5. The van der Waals surface area contributed by atoms with Gasteiger partial charge in [-0.1, -0.05) is 12.1 Å². The highest BCUT2D eigenvalue weighted by Gasteiger charge is 2.29. The lowest BCUT2D eigenvalue weighted by molar-refractivity contribution is -0.144. The fourth-order valence-corrected chi connectivity index (χ4v) is 4.06. The molecule has 40 heavy (non-hydrogen) atoms. The minimum atomic E-state index is -1.30. The Labute approximate surface area is 229 Å². The number of aliphatic carboxylic acids is 5. The largest absolute Gasteiger partial charge is 0.480 e. The maximum Gasteiger partial charge on any atom is 0.318 e. The molecule has 0 heterocycles. The first-order valence-corrected chi connectivity index (χ1v) is 12.1. The Morgan fingerprint density at radius 2 is 1.15 bits per heavy atom. The van der Waals surface area contributed by atoms with Gasteiger partial charge in [-0.3, -0.25) is 38.7 Å². The molecule has 0 saturated heterocycles. The number of nitrogens with zero attached hydrogens (tertiary/aromatic N) is 3. The maximum atomic E-state index is 11.6. The van der Waals surface area contributed by atoms with Gasteiger partial charge in [-0.2, -0.15) is 0 Å². The van der Waals surface area contributed by atoms with E-state index in [4.69, 9.17) is 0 Å². The van der Waals surface area contributed by atoms with E-state index >= 15 is 0 Å². The average molecular weight is 570 g/mol.